The zero-order chi connectivity index (χ0) is 12.8. The van der Waals surface area contributed by atoms with Crippen LogP contribution in [-0.2, 0) is 14.4 Å². The Kier molecular flexibility index (Phi) is 2.52. The largest absolute Gasteiger partial charge is 0.385 e. The molecule has 2 atom stereocenters. The molecule has 2 aliphatic carbocycles. The molecule has 0 saturated heterocycles. The molecule has 0 aromatic carbocycles. The second-order valence-corrected chi connectivity index (χ2v) is 5.60. The minimum atomic E-state index is -1.00. The number of nitrogens with zero attached hydrogens (tertiary/aromatic N) is 1. The van der Waals surface area contributed by atoms with Crippen LogP contribution in [0, 0.1) is 16.7 Å². The van der Waals surface area contributed by atoms with Crippen LogP contribution >= 0.6 is 0 Å². The lowest BCUT2D eigenvalue weighted by Crippen LogP contribution is -2.44. The lowest BCUT2D eigenvalue weighted by atomic mass is 9.69. The normalized spacial score (nSPS) is 35.1. The van der Waals surface area contributed by atoms with Crippen LogP contribution in [0.25, 0.3) is 0 Å². The molecule has 0 heterocycles. The molecule has 17 heavy (non-hydrogen) atoms. The van der Waals surface area contributed by atoms with Crippen molar-refractivity contribution < 1.29 is 14.4 Å². The Hall–Kier alpha value is -1.39. The van der Waals surface area contributed by atoms with Gasteiger partial charge in [0.15, 0.2) is 5.78 Å². The summed E-state index contributed by atoms with van der Waals surface area (Å²) in [6, 6.07) is 0. The number of hydrogen-bond donors (Lipinski definition) is 1. The number of carbonyl (C=O) groups excluding carboxylic acids is 2. The van der Waals surface area contributed by atoms with Crippen LogP contribution in [0.15, 0.2) is 5.16 Å². The molecule has 0 aliphatic heterocycles. The van der Waals surface area contributed by atoms with Crippen LogP contribution in [0.5, 0.6) is 0 Å². The summed E-state index contributed by atoms with van der Waals surface area (Å²) in [5.74, 6) is -0.0935. The van der Waals surface area contributed by atoms with Crippen LogP contribution in [0.3, 0.4) is 0 Å². The molecule has 0 spiro atoms. The van der Waals surface area contributed by atoms with Gasteiger partial charge in [0.05, 0.1) is 0 Å². The van der Waals surface area contributed by atoms with E-state index in [4.69, 9.17) is 10.6 Å². The van der Waals surface area contributed by atoms with Crippen molar-refractivity contribution in [2.75, 3.05) is 0 Å². The molecule has 94 valence electrons. The third-order valence-electron chi connectivity index (χ3n) is 4.52. The second kappa shape index (κ2) is 3.55. The van der Waals surface area contributed by atoms with Gasteiger partial charge < -0.3 is 10.6 Å². The minimum absolute atomic E-state index is 0.00590. The van der Waals surface area contributed by atoms with Crippen molar-refractivity contribution >= 4 is 17.6 Å². The van der Waals surface area contributed by atoms with Crippen LogP contribution in [-0.4, -0.2) is 17.6 Å². The molecule has 5 nitrogen and oxygen atoms in total. The summed E-state index contributed by atoms with van der Waals surface area (Å²) < 4.78 is 0. The average Bonchev–Trinajstić information content (AvgIpc) is 2.59. The highest BCUT2D eigenvalue weighted by Gasteiger charge is 2.69. The maximum atomic E-state index is 12.1. The predicted octanol–water partition coefficient (Wildman–Crippen LogP) is 1.22. The minimum Gasteiger partial charge on any atom is -0.385 e. The maximum Gasteiger partial charge on any atom is 0.349 e. The highest BCUT2D eigenvalue weighted by Crippen LogP contribution is 2.64. The molecule has 0 aromatic rings. The van der Waals surface area contributed by atoms with Crippen LogP contribution in [0.2, 0.25) is 0 Å². The van der Waals surface area contributed by atoms with Gasteiger partial charge in [-0.25, -0.2) is 4.79 Å². The van der Waals surface area contributed by atoms with E-state index in [-0.39, 0.29) is 23.0 Å². The third kappa shape index (κ3) is 1.41. The lowest BCUT2D eigenvalue weighted by Gasteiger charge is -2.32. The molecule has 2 rings (SSSR count). The lowest BCUT2D eigenvalue weighted by molar-refractivity contribution is -0.164. The number of Topliss-reactive ketones (excluding diaryl/α,β-unsaturated/α-hetero) is 1. The van der Waals surface area contributed by atoms with Crippen molar-refractivity contribution in [2.45, 2.75) is 40.0 Å². The topological polar surface area (TPSA) is 81.8 Å². The summed E-state index contributed by atoms with van der Waals surface area (Å²) in [4.78, 5) is 29.0. The Morgan fingerprint density at radius 1 is 1.53 bits per heavy atom. The second-order valence-electron chi connectivity index (χ2n) is 5.60. The summed E-state index contributed by atoms with van der Waals surface area (Å²) >= 11 is 0. The van der Waals surface area contributed by atoms with E-state index in [0.29, 0.717) is 12.8 Å². The number of amidine groups is 1. The van der Waals surface area contributed by atoms with Crippen LogP contribution < -0.4 is 5.73 Å². The Labute approximate surface area is 100 Å². The van der Waals surface area contributed by atoms with E-state index < -0.39 is 11.4 Å². The number of carbonyl (C=O) groups is 2. The zero-order valence-corrected chi connectivity index (χ0v) is 10.4. The maximum absolute atomic E-state index is 12.1. The smallest absolute Gasteiger partial charge is 0.349 e. The van der Waals surface area contributed by atoms with Crippen molar-refractivity contribution in [1.82, 2.24) is 0 Å². The van der Waals surface area contributed by atoms with Gasteiger partial charge in [-0.2, -0.15) is 0 Å². The van der Waals surface area contributed by atoms with Gasteiger partial charge in [-0.15, -0.1) is 0 Å². The Morgan fingerprint density at radius 3 is 2.59 bits per heavy atom. The Morgan fingerprint density at radius 2 is 2.18 bits per heavy atom. The quantitative estimate of drug-likeness (QED) is 0.258. The predicted molar refractivity (Wildman–Crippen MR) is 62.0 cm³/mol. The van der Waals surface area contributed by atoms with Crippen molar-refractivity contribution in [3.8, 4) is 0 Å². The number of oxime groups is 1. The molecule has 2 bridgehead atoms. The van der Waals surface area contributed by atoms with Crippen molar-refractivity contribution in [3.63, 3.8) is 0 Å². The molecule has 0 amide bonds. The number of hydrogen-bond acceptors (Lipinski definition) is 4. The first-order valence-corrected chi connectivity index (χ1v) is 5.87. The fraction of sp³-hybridized carbons (Fsp3) is 0.750. The van der Waals surface area contributed by atoms with Gasteiger partial charge >= 0.3 is 5.97 Å². The molecular formula is C12H18N2O3. The van der Waals surface area contributed by atoms with E-state index in [2.05, 4.69) is 5.16 Å². The van der Waals surface area contributed by atoms with E-state index >= 15 is 0 Å². The van der Waals surface area contributed by atoms with Gasteiger partial charge in [-0.1, -0.05) is 19.0 Å². The highest BCUT2D eigenvalue weighted by atomic mass is 16.7. The third-order valence-corrected chi connectivity index (χ3v) is 4.52. The standard InChI is InChI=1S/C12H18N2O3/c1-7(13)14-17-10(16)12-5-4-8(6-9(12)15)11(12,2)3/h8H,4-6H2,1-3H3,(H2,13,14)/t8-,12+/m1/s1. The Balaban J connectivity index is 2.31. The first-order valence-electron chi connectivity index (χ1n) is 5.87. The van der Waals surface area contributed by atoms with Crippen molar-refractivity contribution in [1.29, 1.82) is 0 Å². The molecule has 0 aromatic heterocycles. The van der Waals surface area contributed by atoms with Crippen molar-refractivity contribution in [3.05, 3.63) is 0 Å². The molecule has 2 saturated carbocycles. The fourth-order valence-electron chi connectivity index (χ4n) is 3.35. The van der Waals surface area contributed by atoms with E-state index in [1.54, 1.807) is 0 Å². The molecular weight excluding hydrogens is 220 g/mol. The van der Waals surface area contributed by atoms with Gasteiger partial charge in [0, 0.05) is 6.42 Å². The van der Waals surface area contributed by atoms with Gasteiger partial charge in [0.2, 0.25) is 0 Å². The summed E-state index contributed by atoms with van der Waals surface area (Å²) in [5, 5.41) is 3.47. The van der Waals surface area contributed by atoms with Gasteiger partial charge in [0.1, 0.15) is 11.3 Å². The van der Waals surface area contributed by atoms with Crippen LogP contribution in [0.4, 0.5) is 0 Å². The molecule has 2 fully saturated rings. The van der Waals surface area contributed by atoms with Gasteiger partial charge in [0.25, 0.3) is 0 Å². The van der Waals surface area contributed by atoms with Crippen molar-refractivity contribution in [2.24, 2.45) is 27.6 Å². The van der Waals surface area contributed by atoms with Crippen LogP contribution in [0.1, 0.15) is 40.0 Å². The molecule has 2 aliphatic rings. The summed E-state index contributed by atoms with van der Waals surface area (Å²) in [6.07, 6.45) is 1.95. The molecule has 0 radical (unpaired) electrons. The summed E-state index contributed by atoms with van der Waals surface area (Å²) in [7, 11) is 0. The SMILES string of the molecule is C/C(N)=N/OC(=O)[C@]12CC[C@H](CC1=O)C2(C)C. The van der Waals surface area contributed by atoms with E-state index in [0.717, 1.165) is 6.42 Å². The molecule has 2 N–H and O–H groups in total. The van der Waals surface area contributed by atoms with Gasteiger partial charge in [-0.05, 0) is 31.1 Å². The van der Waals surface area contributed by atoms with E-state index in [1.165, 1.54) is 6.92 Å². The number of nitrogens with two attached hydrogens (primary N) is 1. The van der Waals surface area contributed by atoms with Gasteiger partial charge in [-0.3, -0.25) is 4.79 Å². The average molecular weight is 238 g/mol. The van der Waals surface area contributed by atoms with E-state index in [1.807, 2.05) is 13.8 Å². The summed E-state index contributed by atoms with van der Waals surface area (Å²) in [5.41, 5.74) is 3.99. The zero-order valence-electron chi connectivity index (χ0n) is 10.4. The number of fused-ring (bicyclic) bond motifs is 2. The Bertz CT molecular complexity index is 410. The monoisotopic (exact) mass is 238 g/mol. The number of ketones is 1. The first kappa shape index (κ1) is 12.1. The fourth-order valence-corrected chi connectivity index (χ4v) is 3.35. The molecule has 5 heteroatoms. The first-order chi connectivity index (χ1) is 7.82. The molecule has 0 unspecified atom stereocenters. The highest BCUT2D eigenvalue weighted by molar-refractivity contribution is 6.07. The summed E-state index contributed by atoms with van der Waals surface area (Å²) in [6.45, 7) is 5.47. The van der Waals surface area contributed by atoms with E-state index in [9.17, 15) is 9.59 Å². The number of rotatable bonds is 2.